The quantitative estimate of drug-likeness (QED) is 0.0669. The summed E-state index contributed by atoms with van der Waals surface area (Å²) in [6.07, 6.45) is 31.4. The highest BCUT2D eigenvalue weighted by atomic mass is 35.5. The van der Waals surface area contributed by atoms with Gasteiger partial charge in [-0.1, -0.05) is 197 Å². The molecule has 5 aliphatic heterocycles. The van der Waals surface area contributed by atoms with E-state index in [0.717, 1.165) is 138 Å². The molecule has 1 unspecified atom stereocenters. The van der Waals surface area contributed by atoms with Crippen LogP contribution in [-0.4, -0.2) is 127 Å². The molecule has 10 aliphatic rings. The van der Waals surface area contributed by atoms with E-state index in [2.05, 4.69) is 95.1 Å². The highest BCUT2D eigenvalue weighted by Gasteiger charge is 2.52. The van der Waals surface area contributed by atoms with E-state index < -0.39 is 0 Å². The van der Waals surface area contributed by atoms with Crippen LogP contribution in [0.1, 0.15) is 136 Å². The average molecular weight is 1860 g/mol. The molecule has 5 aromatic heterocycles. The number of aromatic nitrogens is 10. The molecular weight excluding hydrogens is 1760 g/mol. The Morgan fingerprint density at radius 1 is 0.268 bits per heavy atom. The Morgan fingerprint density at radius 3 is 0.626 bits per heavy atom. The van der Waals surface area contributed by atoms with Crippen LogP contribution in [0.5, 0.6) is 0 Å². The molecule has 22 nitrogen and oxygen atoms in total. The minimum absolute atomic E-state index is 0.255. The third-order valence-electron chi connectivity index (χ3n) is 29.5. The predicted octanol–water partition coefficient (Wildman–Crippen LogP) is 21.8. The Bertz CT molecular complexity index is 5100. The zero-order valence-electron chi connectivity index (χ0n) is 69.3. The molecule has 5 spiro atoms. The van der Waals surface area contributed by atoms with Crippen molar-refractivity contribution in [1.82, 2.24) is 49.8 Å². The molecule has 10 aromatic rings. The lowest BCUT2D eigenvalue weighted by molar-refractivity contribution is 0.0163. The summed E-state index contributed by atoms with van der Waals surface area (Å²) in [5, 5.41) is 4.65. The molecule has 10 heterocycles. The highest BCUT2D eigenvalue weighted by molar-refractivity contribution is 6.46. The number of hydrogen-bond donors (Lipinski definition) is 7. The summed E-state index contributed by atoms with van der Waals surface area (Å²) in [6.45, 7) is 17.1. The summed E-state index contributed by atoms with van der Waals surface area (Å²) in [6, 6.07) is 27.7. The van der Waals surface area contributed by atoms with Crippen molar-refractivity contribution in [2.24, 2.45) is 56.3 Å². The Labute approximate surface area is 769 Å². The molecule has 20 rings (SSSR count). The van der Waals surface area contributed by atoms with Gasteiger partial charge in [-0.15, -0.1) is 0 Å². The molecule has 32 heteroatoms. The standard InChI is InChI=1S/3C19H22Cl2N4.2C17H19Cl2N5/c3*1-12-5-6-19(12)7-9-25(10-8-19)15-11-23-17(18(22)24-15)13-3-2-4-14(20)16(13)21;2*18-11-3-1-2-10(14(11)19)15-16(21)23-13(8-22-15)24-7-6-17(9-24)5-4-12(17)20/h3*2-4,11-12H,5-10H2,1H3,(H2,22,24);2*1-3,8,12H,4-7,9,20H2,(H2,21,23)/t2*12-;;2*12-,17+/m10.10/s1. The molecular formula is C91H104Cl10N22. The smallest absolute Gasteiger partial charge is 0.152 e. The van der Waals surface area contributed by atoms with Gasteiger partial charge in [0.2, 0.25) is 0 Å². The molecule has 10 fully saturated rings. The number of nitrogens with zero attached hydrogens (tertiary/aromatic N) is 15. The molecule has 0 radical (unpaired) electrons. The maximum Gasteiger partial charge on any atom is 0.152 e. The Hall–Kier alpha value is -7.68. The first-order valence-corrected chi connectivity index (χ1v) is 46.4. The lowest BCUT2D eigenvalue weighted by Crippen LogP contribution is -2.52. The van der Waals surface area contributed by atoms with Crippen LogP contribution in [0.3, 0.4) is 0 Å². The second-order valence-electron chi connectivity index (χ2n) is 35.5. The van der Waals surface area contributed by atoms with E-state index in [-0.39, 0.29) is 10.8 Å². The fourth-order valence-electron chi connectivity index (χ4n) is 20.1. The van der Waals surface area contributed by atoms with Crippen molar-refractivity contribution in [3.05, 3.63) is 172 Å². The summed E-state index contributed by atoms with van der Waals surface area (Å²) in [4.78, 5) is 56.8. The summed E-state index contributed by atoms with van der Waals surface area (Å²) in [5.41, 5.74) is 51.9. The molecule has 5 aromatic carbocycles. The summed E-state index contributed by atoms with van der Waals surface area (Å²) in [7, 11) is 0. The Kier molecular flexibility index (Phi) is 26.4. The number of anilines is 10. The maximum atomic E-state index is 6.29. The highest BCUT2D eigenvalue weighted by Crippen LogP contribution is 2.57. The van der Waals surface area contributed by atoms with Gasteiger partial charge in [-0.2, -0.15) is 0 Å². The summed E-state index contributed by atoms with van der Waals surface area (Å²) >= 11 is 61.9. The molecule has 7 atom stereocenters. The van der Waals surface area contributed by atoms with Gasteiger partial charge in [0.1, 0.15) is 57.6 Å². The number of nitrogens with two attached hydrogens (primary N) is 7. The number of benzene rings is 5. The fraction of sp³-hybridized carbons (Fsp3) is 0.451. The predicted molar refractivity (Wildman–Crippen MR) is 509 cm³/mol. The van der Waals surface area contributed by atoms with Crippen molar-refractivity contribution in [3.8, 4) is 56.3 Å². The molecule has 5 saturated heterocycles. The summed E-state index contributed by atoms with van der Waals surface area (Å²) in [5.74, 6) is 8.59. The van der Waals surface area contributed by atoms with Gasteiger partial charge in [0.25, 0.3) is 0 Å². The van der Waals surface area contributed by atoms with Gasteiger partial charge in [-0.25, -0.2) is 49.8 Å². The van der Waals surface area contributed by atoms with E-state index in [9.17, 15) is 0 Å². The largest absolute Gasteiger partial charge is 0.382 e. The number of halogens is 10. The minimum atomic E-state index is 0.255. The lowest BCUT2D eigenvalue weighted by Gasteiger charge is -2.53. The van der Waals surface area contributed by atoms with E-state index in [1.54, 1.807) is 61.3 Å². The van der Waals surface area contributed by atoms with Crippen molar-refractivity contribution < 1.29 is 0 Å². The zero-order valence-corrected chi connectivity index (χ0v) is 76.8. The molecule has 123 heavy (non-hydrogen) atoms. The van der Waals surface area contributed by atoms with Crippen molar-refractivity contribution in [2.45, 2.75) is 148 Å². The fourth-order valence-corrected chi connectivity index (χ4v) is 22.1. The van der Waals surface area contributed by atoms with E-state index in [0.29, 0.717) is 164 Å². The van der Waals surface area contributed by atoms with Gasteiger partial charge >= 0.3 is 0 Å². The van der Waals surface area contributed by atoms with Crippen LogP contribution in [0.4, 0.5) is 58.2 Å². The normalized spacial score (nSPS) is 23.6. The first kappa shape index (κ1) is 88.7. The van der Waals surface area contributed by atoms with Crippen molar-refractivity contribution in [3.63, 3.8) is 0 Å². The average Bonchev–Trinajstić information content (AvgIpc) is 1.69. The zero-order chi connectivity index (χ0) is 86.6. The minimum Gasteiger partial charge on any atom is -0.382 e. The van der Waals surface area contributed by atoms with Gasteiger partial charge in [-0.3, -0.25) is 0 Å². The van der Waals surface area contributed by atoms with Gasteiger partial charge in [0.15, 0.2) is 29.1 Å². The van der Waals surface area contributed by atoms with E-state index in [4.69, 9.17) is 156 Å². The van der Waals surface area contributed by atoms with Crippen LogP contribution in [0.15, 0.2) is 122 Å². The number of hydrogen-bond acceptors (Lipinski definition) is 22. The number of nitrogen functional groups attached to an aromatic ring is 5. The van der Waals surface area contributed by atoms with Crippen molar-refractivity contribution in [1.29, 1.82) is 0 Å². The number of piperidine rings is 3. The van der Waals surface area contributed by atoms with E-state index >= 15 is 0 Å². The molecule has 0 amide bonds. The Balaban J connectivity index is 0.000000114. The van der Waals surface area contributed by atoms with Gasteiger partial charge in [0, 0.05) is 116 Å². The van der Waals surface area contributed by atoms with Crippen LogP contribution in [0.25, 0.3) is 56.3 Å². The van der Waals surface area contributed by atoms with Crippen LogP contribution >= 0.6 is 116 Å². The maximum absolute atomic E-state index is 6.29. The van der Waals surface area contributed by atoms with Gasteiger partial charge in [0.05, 0.1) is 81.2 Å². The third kappa shape index (κ3) is 17.7. The first-order valence-electron chi connectivity index (χ1n) is 42.6. The van der Waals surface area contributed by atoms with E-state index in [1.807, 2.05) is 60.7 Å². The van der Waals surface area contributed by atoms with Crippen LogP contribution in [0.2, 0.25) is 50.2 Å². The van der Waals surface area contributed by atoms with Crippen LogP contribution < -0.4 is 64.6 Å². The molecule has 14 N–H and O–H groups in total. The molecule has 648 valence electrons. The van der Waals surface area contributed by atoms with E-state index in [1.165, 1.54) is 89.9 Å². The summed E-state index contributed by atoms with van der Waals surface area (Å²) < 4.78 is 0. The second-order valence-corrected chi connectivity index (χ2v) is 39.5. The van der Waals surface area contributed by atoms with Crippen LogP contribution in [-0.2, 0) is 0 Å². The second kappa shape index (κ2) is 36.6. The van der Waals surface area contributed by atoms with Gasteiger partial charge < -0.3 is 64.6 Å². The van der Waals surface area contributed by atoms with Crippen molar-refractivity contribution in [2.75, 3.05) is 119 Å². The lowest BCUT2D eigenvalue weighted by atomic mass is 9.56. The first-order chi connectivity index (χ1) is 59.0. The molecule has 5 saturated carbocycles. The molecule has 0 bridgehead atoms. The SMILES string of the molecule is CC1CCC12CCN(c1cnc(-c3cccc(Cl)c3Cl)c(N)n1)CC2.C[C@@H]1CCC12CCN(c1cnc(-c3cccc(Cl)c3Cl)c(N)n1)CC2.C[C@H]1CCC12CCN(c1cnc(-c3cccc(Cl)c3Cl)c(N)n1)CC2.Nc1nc(N2CC[C@@]3(CC[C@H]3N)C2)cnc1-c1cccc(Cl)c1Cl.Nc1nc(N2CC[C@]3(CC[C@@H]3N)C2)cnc1-c1cccc(Cl)c1Cl. The topological polar surface area (TPSA) is 327 Å². The van der Waals surface area contributed by atoms with Crippen LogP contribution in [0, 0.1) is 44.8 Å². The Morgan fingerprint density at radius 2 is 0.463 bits per heavy atom. The number of rotatable bonds is 10. The molecule has 5 aliphatic carbocycles. The monoisotopic (exact) mass is 1850 g/mol. The van der Waals surface area contributed by atoms with Crippen molar-refractivity contribution >= 4 is 174 Å². The van der Waals surface area contributed by atoms with Gasteiger partial charge in [-0.05, 0) is 180 Å². The third-order valence-corrected chi connectivity index (χ3v) is 33.6.